The maximum atomic E-state index is 13.0. The second-order valence-electron chi connectivity index (χ2n) is 7.90. The zero-order chi connectivity index (χ0) is 25.3. The van der Waals surface area contributed by atoms with Crippen molar-refractivity contribution in [2.75, 3.05) is 0 Å². The molecular formula is C27H17F3N4O2. The van der Waals surface area contributed by atoms with Gasteiger partial charge >= 0.3 is 12.1 Å². The Bertz CT molecular complexity index is 1550. The highest BCUT2D eigenvalue weighted by Crippen LogP contribution is 2.31. The third kappa shape index (κ3) is 4.58. The van der Waals surface area contributed by atoms with Gasteiger partial charge in [0, 0.05) is 17.3 Å². The molecule has 0 aliphatic rings. The number of hydrogen-bond acceptors (Lipinski definition) is 4. The lowest BCUT2D eigenvalue weighted by atomic mass is 10.0. The number of carbonyl (C=O) groups is 1. The zero-order valence-electron chi connectivity index (χ0n) is 18.5. The van der Waals surface area contributed by atoms with E-state index in [-0.39, 0.29) is 5.56 Å². The van der Waals surface area contributed by atoms with Gasteiger partial charge in [0.15, 0.2) is 11.6 Å². The van der Waals surface area contributed by atoms with Gasteiger partial charge in [0.1, 0.15) is 5.69 Å². The Balaban J connectivity index is 1.60. The molecule has 0 bridgehead atoms. The van der Waals surface area contributed by atoms with Crippen LogP contribution in [0.2, 0.25) is 0 Å². The molecule has 2 heterocycles. The number of aromatic carboxylic acids is 1. The molecule has 0 aliphatic carbocycles. The van der Waals surface area contributed by atoms with Gasteiger partial charge in [0.05, 0.1) is 11.3 Å². The van der Waals surface area contributed by atoms with E-state index in [1.165, 1.54) is 12.1 Å². The summed E-state index contributed by atoms with van der Waals surface area (Å²) < 4.78 is 40.6. The van der Waals surface area contributed by atoms with Gasteiger partial charge in [-0.1, -0.05) is 48.5 Å². The van der Waals surface area contributed by atoms with Crippen LogP contribution in [0.1, 0.15) is 16.1 Å². The van der Waals surface area contributed by atoms with Crippen LogP contribution >= 0.6 is 0 Å². The monoisotopic (exact) mass is 486 g/mol. The van der Waals surface area contributed by atoms with E-state index < -0.39 is 17.8 Å². The maximum Gasteiger partial charge on any atom is 0.433 e. The predicted molar refractivity (Wildman–Crippen MR) is 127 cm³/mol. The van der Waals surface area contributed by atoms with Gasteiger partial charge < -0.3 is 5.11 Å². The fourth-order valence-electron chi connectivity index (χ4n) is 3.73. The first-order valence-electron chi connectivity index (χ1n) is 10.8. The van der Waals surface area contributed by atoms with E-state index in [0.29, 0.717) is 34.0 Å². The first kappa shape index (κ1) is 23.0. The molecule has 0 saturated carbocycles. The molecule has 6 nitrogen and oxygen atoms in total. The van der Waals surface area contributed by atoms with E-state index in [9.17, 15) is 23.1 Å². The van der Waals surface area contributed by atoms with Crippen LogP contribution in [0.25, 0.3) is 39.6 Å². The number of alkyl halides is 3. The number of nitrogens with zero attached hydrogens (tertiary/aromatic N) is 4. The van der Waals surface area contributed by atoms with Crippen molar-refractivity contribution < 1.29 is 23.1 Å². The number of halogens is 3. The van der Waals surface area contributed by atoms with E-state index in [2.05, 4.69) is 15.1 Å². The Kier molecular flexibility index (Phi) is 5.81. The lowest BCUT2D eigenvalue weighted by Gasteiger charge is -2.08. The quantitative estimate of drug-likeness (QED) is 0.312. The number of carboxylic acid groups (broad SMARTS) is 1. The number of benzene rings is 3. The summed E-state index contributed by atoms with van der Waals surface area (Å²) in [4.78, 5) is 19.6. The first-order chi connectivity index (χ1) is 17.3. The fraction of sp³-hybridized carbons (Fsp3) is 0.0370. The Morgan fingerprint density at radius 1 is 0.778 bits per heavy atom. The number of carboxylic acids is 1. The molecule has 0 saturated heterocycles. The average molecular weight is 486 g/mol. The van der Waals surface area contributed by atoms with Crippen LogP contribution in [0.4, 0.5) is 13.2 Å². The van der Waals surface area contributed by atoms with Gasteiger partial charge in [-0.2, -0.15) is 13.2 Å². The molecule has 2 aromatic heterocycles. The van der Waals surface area contributed by atoms with Crippen molar-refractivity contribution in [3.63, 3.8) is 0 Å². The molecule has 0 radical (unpaired) electrons. The summed E-state index contributed by atoms with van der Waals surface area (Å²) in [5, 5.41) is 14.0. The molecule has 0 amide bonds. The molecule has 9 heteroatoms. The van der Waals surface area contributed by atoms with Crippen molar-refractivity contribution in [2.45, 2.75) is 6.18 Å². The van der Waals surface area contributed by atoms with Crippen molar-refractivity contribution in [1.82, 2.24) is 19.7 Å². The van der Waals surface area contributed by atoms with Crippen LogP contribution in [0.5, 0.6) is 0 Å². The minimum absolute atomic E-state index is 0.168. The molecule has 3 aromatic carbocycles. The van der Waals surface area contributed by atoms with Gasteiger partial charge in [0.25, 0.3) is 0 Å². The van der Waals surface area contributed by atoms with Gasteiger partial charge in [-0.05, 0) is 53.6 Å². The summed E-state index contributed by atoms with van der Waals surface area (Å²) in [6.45, 7) is 0. The molecule has 0 spiro atoms. The van der Waals surface area contributed by atoms with E-state index in [4.69, 9.17) is 0 Å². The van der Waals surface area contributed by atoms with Crippen molar-refractivity contribution in [2.24, 2.45) is 0 Å². The molecule has 0 fully saturated rings. The van der Waals surface area contributed by atoms with Crippen molar-refractivity contribution in [3.8, 4) is 39.6 Å². The Hall–Kier alpha value is -4.79. The lowest BCUT2D eigenvalue weighted by Crippen LogP contribution is -2.07. The van der Waals surface area contributed by atoms with Crippen LogP contribution in [-0.4, -0.2) is 30.8 Å². The van der Waals surface area contributed by atoms with Crippen LogP contribution in [-0.2, 0) is 6.18 Å². The first-order valence-corrected chi connectivity index (χ1v) is 10.8. The van der Waals surface area contributed by atoms with Crippen LogP contribution < -0.4 is 0 Å². The third-order valence-corrected chi connectivity index (χ3v) is 5.48. The molecule has 178 valence electrons. The predicted octanol–water partition coefficient (Wildman–Crippen LogP) is 6.38. The highest BCUT2D eigenvalue weighted by atomic mass is 19.4. The zero-order valence-corrected chi connectivity index (χ0v) is 18.5. The summed E-state index contributed by atoms with van der Waals surface area (Å²) in [6.07, 6.45) is -3.42. The normalized spacial score (nSPS) is 11.4. The molecular weight excluding hydrogens is 469 g/mol. The summed E-state index contributed by atoms with van der Waals surface area (Å²) >= 11 is 0. The number of pyridine rings is 1. The topological polar surface area (TPSA) is 80.9 Å². The molecule has 0 aliphatic heterocycles. The van der Waals surface area contributed by atoms with Crippen LogP contribution in [0.15, 0.2) is 97.2 Å². The Morgan fingerprint density at radius 2 is 1.47 bits per heavy atom. The average Bonchev–Trinajstić information content (AvgIpc) is 3.35. The Morgan fingerprint density at radius 3 is 2.14 bits per heavy atom. The minimum Gasteiger partial charge on any atom is -0.478 e. The number of aromatic nitrogens is 4. The second kappa shape index (κ2) is 9.10. The minimum atomic E-state index is -4.55. The molecule has 5 rings (SSSR count). The van der Waals surface area contributed by atoms with Crippen molar-refractivity contribution in [3.05, 3.63) is 108 Å². The summed E-state index contributed by atoms with van der Waals surface area (Å²) in [5.41, 5.74) is 2.36. The summed E-state index contributed by atoms with van der Waals surface area (Å²) in [6, 6.07) is 25.2. The largest absolute Gasteiger partial charge is 0.478 e. The van der Waals surface area contributed by atoms with Crippen molar-refractivity contribution in [1.29, 1.82) is 0 Å². The van der Waals surface area contributed by atoms with E-state index in [0.717, 1.165) is 17.8 Å². The highest BCUT2D eigenvalue weighted by molar-refractivity contribution is 5.89. The van der Waals surface area contributed by atoms with E-state index >= 15 is 0 Å². The van der Waals surface area contributed by atoms with E-state index in [1.807, 2.05) is 48.5 Å². The van der Waals surface area contributed by atoms with Gasteiger partial charge in [-0.25, -0.2) is 14.5 Å². The van der Waals surface area contributed by atoms with Gasteiger partial charge in [-0.3, -0.25) is 4.98 Å². The van der Waals surface area contributed by atoms with Crippen LogP contribution in [0, 0.1) is 0 Å². The number of rotatable bonds is 5. The van der Waals surface area contributed by atoms with Crippen LogP contribution in [0.3, 0.4) is 0 Å². The summed E-state index contributed by atoms with van der Waals surface area (Å²) in [5.74, 6) is -0.341. The number of para-hydroxylation sites is 1. The van der Waals surface area contributed by atoms with E-state index in [1.54, 1.807) is 28.9 Å². The fourth-order valence-corrected chi connectivity index (χ4v) is 3.73. The highest BCUT2D eigenvalue weighted by Gasteiger charge is 2.32. The molecule has 0 atom stereocenters. The molecule has 36 heavy (non-hydrogen) atoms. The summed E-state index contributed by atoms with van der Waals surface area (Å²) in [7, 11) is 0. The smallest absolute Gasteiger partial charge is 0.433 e. The lowest BCUT2D eigenvalue weighted by molar-refractivity contribution is -0.141. The standard InChI is InChI=1S/C27H17F3N4O2/c28-27(29,30)23-13-12-21(16-31-23)25-32-24(33-34(25)22-10-2-1-3-11-22)19-8-4-6-17(14-19)18-7-5-9-20(15-18)26(35)36/h1-16H,(H,35,36). The van der Waals surface area contributed by atoms with Crippen molar-refractivity contribution >= 4 is 5.97 Å². The Labute approximate surface area is 203 Å². The second-order valence-corrected chi connectivity index (χ2v) is 7.90. The third-order valence-electron chi connectivity index (χ3n) is 5.48. The molecule has 1 N–H and O–H groups in total. The number of hydrogen-bond donors (Lipinski definition) is 1. The van der Waals surface area contributed by atoms with Gasteiger partial charge in [-0.15, -0.1) is 5.10 Å². The molecule has 0 unspecified atom stereocenters. The van der Waals surface area contributed by atoms with Gasteiger partial charge in [0.2, 0.25) is 0 Å². The SMILES string of the molecule is O=C(O)c1cccc(-c2cccc(-c3nc(-c4ccc(C(F)(F)F)nc4)n(-c4ccccc4)n3)c2)c1. The maximum absolute atomic E-state index is 13.0. The molecule has 5 aromatic rings.